The van der Waals surface area contributed by atoms with Gasteiger partial charge in [-0.1, -0.05) is 12.1 Å². The molecule has 0 spiro atoms. The summed E-state index contributed by atoms with van der Waals surface area (Å²) < 4.78 is 40.5. The smallest absolute Gasteiger partial charge is 0.296 e. The van der Waals surface area contributed by atoms with E-state index in [1.165, 1.54) is 16.8 Å². The SMILES string of the molecule is O=C1c2ccccc2C(=O)N1CCc1nc2ncccc2c(=O)n1CCc1ccnc(C(F)(F)F)c1. The quantitative estimate of drug-likeness (QED) is 0.383. The molecule has 0 N–H and O–H groups in total. The molecule has 1 aliphatic rings. The number of carbonyl (C=O) groups is 2. The lowest BCUT2D eigenvalue weighted by atomic mass is 10.1. The number of hydrogen-bond acceptors (Lipinski definition) is 6. The highest BCUT2D eigenvalue weighted by atomic mass is 19.4. The standard InChI is InChI=1S/C25H18F3N5O3/c26-25(27,28)19-14-15(7-11-29-19)8-12-32-20(31-21-18(24(32)36)6-3-10-30-21)9-13-33-22(34)16-4-1-2-5-17(16)23(33)35/h1-7,10-11,14H,8-9,12-13H2. The number of rotatable bonds is 6. The summed E-state index contributed by atoms with van der Waals surface area (Å²) in [5, 5.41) is 0.257. The summed E-state index contributed by atoms with van der Waals surface area (Å²) in [7, 11) is 0. The fourth-order valence-electron chi connectivity index (χ4n) is 4.20. The number of aromatic nitrogens is 4. The molecule has 2 amide bonds. The molecule has 0 saturated carbocycles. The Morgan fingerprint density at radius 2 is 1.53 bits per heavy atom. The Morgan fingerprint density at radius 1 is 0.806 bits per heavy atom. The summed E-state index contributed by atoms with van der Waals surface area (Å²) >= 11 is 0. The van der Waals surface area contributed by atoms with Gasteiger partial charge in [0.1, 0.15) is 11.5 Å². The van der Waals surface area contributed by atoms with E-state index in [-0.39, 0.29) is 42.8 Å². The number of hydrogen-bond donors (Lipinski definition) is 0. The van der Waals surface area contributed by atoms with E-state index in [9.17, 15) is 27.6 Å². The van der Waals surface area contributed by atoms with Gasteiger partial charge < -0.3 is 0 Å². The first-order chi connectivity index (χ1) is 17.2. The van der Waals surface area contributed by atoms with E-state index in [4.69, 9.17) is 0 Å². The van der Waals surface area contributed by atoms with Crippen LogP contribution >= 0.6 is 0 Å². The maximum Gasteiger partial charge on any atom is 0.433 e. The van der Waals surface area contributed by atoms with Crippen LogP contribution in [-0.2, 0) is 25.6 Å². The van der Waals surface area contributed by atoms with Crippen molar-refractivity contribution in [2.45, 2.75) is 25.6 Å². The molecule has 1 aromatic carbocycles. The minimum Gasteiger partial charge on any atom is -0.296 e. The van der Waals surface area contributed by atoms with Gasteiger partial charge in [-0.05, 0) is 48.4 Å². The number of imide groups is 1. The maximum atomic E-state index is 13.2. The average Bonchev–Trinajstić information content (AvgIpc) is 3.11. The van der Waals surface area contributed by atoms with E-state index < -0.39 is 29.2 Å². The van der Waals surface area contributed by atoms with Gasteiger partial charge in [-0.25, -0.2) is 9.97 Å². The van der Waals surface area contributed by atoms with Crippen LogP contribution in [0, 0.1) is 0 Å². The summed E-state index contributed by atoms with van der Waals surface area (Å²) in [4.78, 5) is 51.8. The van der Waals surface area contributed by atoms with Crippen molar-refractivity contribution in [2.24, 2.45) is 0 Å². The molecule has 4 heterocycles. The molecule has 3 aromatic heterocycles. The molecule has 1 aliphatic heterocycles. The molecule has 8 nitrogen and oxygen atoms in total. The fourth-order valence-corrected chi connectivity index (χ4v) is 4.20. The van der Waals surface area contributed by atoms with Crippen LogP contribution in [0.1, 0.15) is 37.8 Å². The van der Waals surface area contributed by atoms with Crippen LogP contribution in [0.25, 0.3) is 11.0 Å². The lowest BCUT2D eigenvalue weighted by molar-refractivity contribution is -0.141. The molecule has 0 atom stereocenters. The van der Waals surface area contributed by atoms with Gasteiger partial charge in [0.05, 0.1) is 16.5 Å². The van der Waals surface area contributed by atoms with Crippen molar-refractivity contribution in [1.29, 1.82) is 0 Å². The van der Waals surface area contributed by atoms with Crippen LogP contribution in [0.5, 0.6) is 0 Å². The number of pyridine rings is 2. The van der Waals surface area contributed by atoms with Gasteiger partial charge in [-0.3, -0.25) is 28.8 Å². The molecule has 36 heavy (non-hydrogen) atoms. The lowest BCUT2D eigenvalue weighted by Crippen LogP contribution is -2.34. The molecule has 11 heteroatoms. The van der Waals surface area contributed by atoms with Crippen molar-refractivity contribution < 1.29 is 22.8 Å². The van der Waals surface area contributed by atoms with Gasteiger partial charge in [0, 0.05) is 31.9 Å². The van der Waals surface area contributed by atoms with Crippen molar-refractivity contribution in [3.63, 3.8) is 0 Å². The van der Waals surface area contributed by atoms with Gasteiger partial charge in [-0.2, -0.15) is 13.2 Å². The third kappa shape index (κ3) is 4.23. The van der Waals surface area contributed by atoms with E-state index in [0.29, 0.717) is 16.7 Å². The first-order valence-electron chi connectivity index (χ1n) is 11.1. The topological polar surface area (TPSA) is 98.0 Å². The van der Waals surface area contributed by atoms with Crippen LogP contribution in [0.15, 0.2) is 65.7 Å². The Bertz CT molecular complexity index is 1530. The predicted molar refractivity (Wildman–Crippen MR) is 122 cm³/mol. The first-order valence-corrected chi connectivity index (χ1v) is 11.1. The van der Waals surface area contributed by atoms with Gasteiger partial charge in [0.2, 0.25) is 0 Å². The first kappa shape index (κ1) is 23.3. The highest BCUT2D eigenvalue weighted by Gasteiger charge is 2.35. The third-order valence-corrected chi connectivity index (χ3v) is 5.98. The van der Waals surface area contributed by atoms with Crippen molar-refractivity contribution in [3.8, 4) is 0 Å². The monoisotopic (exact) mass is 493 g/mol. The summed E-state index contributed by atoms with van der Waals surface area (Å²) in [5.74, 6) is -0.590. The number of nitrogens with zero attached hydrogens (tertiary/aromatic N) is 5. The number of alkyl halides is 3. The summed E-state index contributed by atoms with van der Waals surface area (Å²) in [6, 6.07) is 12.1. The second-order valence-corrected chi connectivity index (χ2v) is 8.21. The zero-order chi connectivity index (χ0) is 25.4. The number of carbonyl (C=O) groups excluding carboxylic acids is 2. The molecule has 0 bridgehead atoms. The van der Waals surface area contributed by atoms with Crippen LogP contribution in [0.3, 0.4) is 0 Å². The molecule has 182 valence electrons. The highest BCUT2D eigenvalue weighted by molar-refractivity contribution is 6.21. The van der Waals surface area contributed by atoms with Gasteiger partial charge in [-0.15, -0.1) is 0 Å². The molecular weight excluding hydrogens is 475 g/mol. The second-order valence-electron chi connectivity index (χ2n) is 8.21. The van der Waals surface area contributed by atoms with Gasteiger partial charge in [0.25, 0.3) is 17.4 Å². The van der Waals surface area contributed by atoms with Crippen LogP contribution in [0.2, 0.25) is 0 Å². The zero-order valence-corrected chi connectivity index (χ0v) is 18.7. The van der Waals surface area contributed by atoms with E-state index >= 15 is 0 Å². The third-order valence-electron chi connectivity index (χ3n) is 5.98. The minimum atomic E-state index is -4.58. The van der Waals surface area contributed by atoms with E-state index in [1.807, 2.05) is 0 Å². The summed E-state index contributed by atoms with van der Waals surface area (Å²) in [5.41, 5.74) is -0.242. The lowest BCUT2D eigenvalue weighted by Gasteiger charge is -2.17. The van der Waals surface area contributed by atoms with Gasteiger partial charge >= 0.3 is 6.18 Å². The molecule has 0 aliphatic carbocycles. The predicted octanol–water partition coefficient (Wildman–Crippen LogP) is 3.29. The largest absolute Gasteiger partial charge is 0.433 e. The van der Waals surface area contributed by atoms with Crippen LogP contribution in [-0.4, -0.2) is 42.8 Å². The highest BCUT2D eigenvalue weighted by Crippen LogP contribution is 2.28. The van der Waals surface area contributed by atoms with Crippen LogP contribution in [0.4, 0.5) is 13.2 Å². The zero-order valence-electron chi connectivity index (χ0n) is 18.7. The summed E-state index contributed by atoms with van der Waals surface area (Å²) in [6.07, 6.45) is -1.84. The fraction of sp³-hybridized carbons (Fsp3) is 0.200. The number of aryl methyl sites for hydroxylation is 1. The van der Waals surface area contributed by atoms with E-state index in [2.05, 4.69) is 15.0 Å². The number of halogens is 3. The molecule has 4 aromatic rings. The van der Waals surface area contributed by atoms with E-state index in [0.717, 1.165) is 17.2 Å². The Kier molecular flexibility index (Phi) is 5.83. The van der Waals surface area contributed by atoms with Crippen LogP contribution < -0.4 is 5.56 Å². The van der Waals surface area contributed by atoms with E-state index in [1.54, 1.807) is 36.4 Å². The van der Waals surface area contributed by atoms with Crippen molar-refractivity contribution in [3.05, 3.63) is 99.5 Å². The minimum absolute atomic E-state index is 0.0232. The Morgan fingerprint density at radius 3 is 2.22 bits per heavy atom. The molecule has 0 fully saturated rings. The normalized spacial score (nSPS) is 13.5. The molecule has 0 saturated heterocycles. The average molecular weight is 493 g/mol. The van der Waals surface area contributed by atoms with Crippen molar-refractivity contribution in [1.82, 2.24) is 24.4 Å². The van der Waals surface area contributed by atoms with Crippen molar-refractivity contribution >= 4 is 22.8 Å². The maximum absolute atomic E-state index is 13.2. The molecular formula is C25H18F3N5O3. The number of amides is 2. The van der Waals surface area contributed by atoms with Crippen molar-refractivity contribution in [2.75, 3.05) is 6.54 Å². The van der Waals surface area contributed by atoms with Gasteiger partial charge in [0.15, 0.2) is 5.65 Å². The Labute approximate surface area is 202 Å². The Balaban J connectivity index is 1.44. The molecule has 5 rings (SSSR count). The number of benzene rings is 1. The summed E-state index contributed by atoms with van der Waals surface area (Å²) in [6.45, 7) is 0.0139. The molecule has 0 unspecified atom stereocenters. The number of fused-ring (bicyclic) bond motifs is 2. The second kappa shape index (κ2) is 8.99. The molecule has 0 radical (unpaired) electrons. The Hall–Kier alpha value is -4.41.